The van der Waals surface area contributed by atoms with E-state index in [1.54, 1.807) is 6.07 Å². The smallest absolute Gasteiger partial charge is 0.249 e. The lowest BCUT2D eigenvalue weighted by Crippen LogP contribution is -2.35. The minimum atomic E-state index is -0.471. The second-order valence-electron chi connectivity index (χ2n) is 4.53. The van der Waals surface area contributed by atoms with Gasteiger partial charge in [0.15, 0.2) is 0 Å². The Kier molecular flexibility index (Phi) is 6.68. The molecule has 1 aliphatic heterocycles. The molecule has 112 valence electrons. The third-order valence-corrected chi connectivity index (χ3v) is 3.40. The lowest BCUT2D eigenvalue weighted by Gasteiger charge is -2.12. The number of nitrogens with one attached hydrogen (secondary N) is 1. The van der Waals surface area contributed by atoms with Crippen LogP contribution in [0, 0.1) is 5.82 Å². The molecule has 0 unspecified atom stereocenters. The zero-order valence-corrected chi connectivity index (χ0v) is 12.3. The standard InChI is InChI=1S/C13H16ClFN2O2.ClH/c14-10-5-8(1-3-11(10)15)7-17-13(18)12-4-2-9(6-16)19-12;/h1,3,5,9,12H,2,4,6-7,16H2,(H,17,18);1H/t9-,12+;/m1./s1. The van der Waals surface area contributed by atoms with Crippen molar-refractivity contribution in [3.63, 3.8) is 0 Å². The lowest BCUT2D eigenvalue weighted by atomic mass is 10.2. The van der Waals surface area contributed by atoms with Gasteiger partial charge in [-0.2, -0.15) is 0 Å². The van der Waals surface area contributed by atoms with Crippen LogP contribution in [0.4, 0.5) is 4.39 Å². The summed E-state index contributed by atoms with van der Waals surface area (Å²) in [5, 5.41) is 2.79. The fraction of sp³-hybridized carbons (Fsp3) is 0.462. The van der Waals surface area contributed by atoms with Crippen LogP contribution in [0.3, 0.4) is 0 Å². The zero-order valence-electron chi connectivity index (χ0n) is 10.8. The summed E-state index contributed by atoms with van der Waals surface area (Å²) in [5.74, 6) is -0.641. The highest BCUT2D eigenvalue weighted by Crippen LogP contribution is 2.19. The predicted molar refractivity (Wildman–Crippen MR) is 77.5 cm³/mol. The second kappa shape index (κ2) is 7.78. The lowest BCUT2D eigenvalue weighted by molar-refractivity contribution is -0.132. The average molecular weight is 323 g/mol. The van der Waals surface area contributed by atoms with Gasteiger partial charge in [-0.15, -0.1) is 12.4 Å². The Morgan fingerprint density at radius 1 is 1.50 bits per heavy atom. The van der Waals surface area contributed by atoms with Crippen LogP contribution in [0.5, 0.6) is 0 Å². The van der Waals surface area contributed by atoms with E-state index in [-0.39, 0.29) is 29.4 Å². The number of amides is 1. The van der Waals surface area contributed by atoms with Crippen molar-refractivity contribution in [1.82, 2.24) is 5.32 Å². The van der Waals surface area contributed by atoms with Gasteiger partial charge in [0.25, 0.3) is 0 Å². The van der Waals surface area contributed by atoms with Gasteiger partial charge in [0, 0.05) is 13.1 Å². The van der Waals surface area contributed by atoms with E-state index >= 15 is 0 Å². The Hall–Kier alpha value is -0.880. The van der Waals surface area contributed by atoms with Crippen LogP contribution >= 0.6 is 24.0 Å². The Morgan fingerprint density at radius 2 is 2.25 bits per heavy atom. The van der Waals surface area contributed by atoms with Gasteiger partial charge in [0.05, 0.1) is 11.1 Å². The molecule has 2 rings (SSSR count). The van der Waals surface area contributed by atoms with Crippen molar-refractivity contribution in [2.24, 2.45) is 5.73 Å². The molecule has 0 aromatic heterocycles. The summed E-state index contributed by atoms with van der Waals surface area (Å²) in [6, 6.07) is 4.36. The quantitative estimate of drug-likeness (QED) is 0.891. The van der Waals surface area contributed by atoms with E-state index in [1.807, 2.05) is 0 Å². The molecule has 1 aromatic carbocycles. The Balaban J connectivity index is 0.00000200. The fourth-order valence-electron chi connectivity index (χ4n) is 2.02. The summed E-state index contributed by atoms with van der Waals surface area (Å²) < 4.78 is 18.5. The molecule has 0 aliphatic carbocycles. The number of halogens is 3. The number of carbonyl (C=O) groups excluding carboxylic acids is 1. The minimum absolute atomic E-state index is 0. The van der Waals surface area contributed by atoms with Crippen LogP contribution in [0.1, 0.15) is 18.4 Å². The number of hydrogen-bond acceptors (Lipinski definition) is 3. The van der Waals surface area contributed by atoms with E-state index in [0.717, 1.165) is 12.0 Å². The Morgan fingerprint density at radius 3 is 2.85 bits per heavy atom. The highest BCUT2D eigenvalue weighted by Gasteiger charge is 2.29. The molecular formula is C13H17Cl2FN2O2. The van der Waals surface area contributed by atoms with Crippen molar-refractivity contribution >= 4 is 29.9 Å². The summed E-state index contributed by atoms with van der Waals surface area (Å²) in [7, 11) is 0. The van der Waals surface area contributed by atoms with Crippen molar-refractivity contribution in [3.05, 3.63) is 34.6 Å². The highest BCUT2D eigenvalue weighted by molar-refractivity contribution is 6.30. The van der Waals surface area contributed by atoms with Crippen LogP contribution in [0.15, 0.2) is 18.2 Å². The highest BCUT2D eigenvalue weighted by atomic mass is 35.5. The normalized spacial score (nSPS) is 21.4. The molecule has 1 aromatic rings. The van der Waals surface area contributed by atoms with Gasteiger partial charge in [0.1, 0.15) is 11.9 Å². The van der Waals surface area contributed by atoms with Gasteiger partial charge < -0.3 is 15.8 Å². The summed E-state index contributed by atoms with van der Waals surface area (Å²) >= 11 is 5.67. The maximum Gasteiger partial charge on any atom is 0.249 e. The van der Waals surface area contributed by atoms with Crippen LogP contribution in [-0.4, -0.2) is 24.7 Å². The van der Waals surface area contributed by atoms with E-state index in [1.165, 1.54) is 12.1 Å². The van der Waals surface area contributed by atoms with Gasteiger partial charge >= 0.3 is 0 Å². The maximum atomic E-state index is 13.0. The minimum Gasteiger partial charge on any atom is -0.364 e. The molecule has 0 saturated carbocycles. The summed E-state index contributed by atoms with van der Waals surface area (Å²) in [4.78, 5) is 11.8. The molecule has 2 atom stereocenters. The number of benzene rings is 1. The van der Waals surface area contributed by atoms with Crippen molar-refractivity contribution < 1.29 is 13.9 Å². The predicted octanol–water partition coefficient (Wildman–Crippen LogP) is 2.02. The molecule has 7 heteroatoms. The molecule has 3 N–H and O–H groups in total. The molecular weight excluding hydrogens is 306 g/mol. The monoisotopic (exact) mass is 322 g/mol. The first-order chi connectivity index (χ1) is 9.10. The van der Waals surface area contributed by atoms with E-state index in [0.29, 0.717) is 19.5 Å². The fourth-order valence-corrected chi connectivity index (χ4v) is 2.23. The van der Waals surface area contributed by atoms with Crippen molar-refractivity contribution in [2.45, 2.75) is 31.6 Å². The summed E-state index contributed by atoms with van der Waals surface area (Å²) in [6.07, 6.45) is 1.01. The van der Waals surface area contributed by atoms with Crippen LogP contribution in [0.25, 0.3) is 0 Å². The Labute approximate surface area is 128 Å². The molecule has 4 nitrogen and oxygen atoms in total. The molecule has 0 radical (unpaired) electrons. The molecule has 1 saturated heterocycles. The van der Waals surface area contributed by atoms with Gasteiger partial charge in [-0.25, -0.2) is 4.39 Å². The molecule has 1 heterocycles. The second-order valence-corrected chi connectivity index (χ2v) is 4.93. The third kappa shape index (κ3) is 4.31. The molecule has 1 aliphatic rings. The van der Waals surface area contributed by atoms with Crippen LogP contribution < -0.4 is 11.1 Å². The first kappa shape index (κ1) is 17.2. The van der Waals surface area contributed by atoms with Gasteiger partial charge in [-0.3, -0.25) is 4.79 Å². The molecule has 1 amide bonds. The number of carbonyl (C=O) groups is 1. The average Bonchev–Trinajstić information content (AvgIpc) is 2.88. The van der Waals surface area contributed by atoms with Gasteiger partial charge in [-0.05, 0) is 30.5 Å². The topological polar surface area (TPSA) is 64.4 Å². The zero-order chi connectivity index (χ0) is 13.8. The molecule has 20 heavy (non-hydrogen) atoms. The van der Waals surface area contributed by atoms with Gasteiger partial charge in [-0.1, -0.05) is 17.7 Å². The first-order valence-electron chi connectivity index (χ1n) is 6.17. The van der Waals surface area contributed by atoms with Crippen molar-refractivity contribution in [3.8, 4) is 0 Å². The summed E-state index contributed by atoms with van der Waals surface area (Å²) in [6.45, 7) is 0.726. The maximum absolute atomic E-state index is 13.0. The molecule has 0 spiro atoms. The van der Waals surface area contributed by atoms with Crippen molar-refractivity contribution in [2.75, 3.05) is 6.54 Å². The molecule has 1 fully saturated rings. The number of hydrogen-bond donors (Lipinski definition) is 2. The van der Waals surface area contributed by atoms with Gasteiger partial charge in [0.2, 0.25) is 5.91 Å². The van der Waals surface area contributed by atoms with Crippen LogP contribution in [-0.2, 0) is 16.1 Å². The Bertz CT molecular complexity index is 474. The van der Waals surface area contributed by atoms with E-state index in [4.69, 9.17) is 22.1 Å². The van der Waals surface area contributed by atoms with E-state index in [9.17, 15) is 9.18 Å². The largest absolute Gasteiger partial charge is 0.364 e. The number of rotatable bonds is 4. The first-order valence-corrected chi connectivity index (χ1v) is 6.55. The van der Waals surface area contributed by atoms with Crippen LogP contribution in [0.2, 0.25) is 5.02 Å². The molecule has 0 bridgehead atoms. The summed E-state index contributed by atoms with van der Waals surface area (Å²) in [5.41, 5.74) is 6.23. The van der Waals surface area contributed by atoms with E-state index < -0.39 is 11.9 Å². The SMILES string of the molecule is Cl.NC[C@H]1CC[C@@H](C(=O)NCc2ccc(F)c(Cl)c2)O1. The third-order valence-electron chi connectivity index (χ3n) is 3.11. The van der Waals surface area contributed by atoms with E-state index in [2.05, 4.69) is 5.32 Å². The number of ether oxygens (including phenoxy) is 1. The number of nitrogens with two attached hydrogens (primary N) is 1. The van der Waals surface area contributed by atoms with Crippen molar-refractivity contribution in [1.29, 1.82) is 0 Å².